The highest BCUT2D eigenvalue weighted by atomic mass is 35.5. The van der Waals surface area contributed by atoms with Crippen molar-refractivity contribution in [3.05, 3.63) is 28.8 Å². The van der Waals surface area contributed by atoms with Crippen molar-refractivity contribution in [2.75, 3.05) is 19.5 Å². The summed E-state index contributed by atoms with van der Waals surface area (Å²) in [4.78, 5) is 0. The third kappa shape index (κ3) is 4.94. The van der Waals surface area contributed by atoms with E-state index in [1.165, 1.54) is 0 Å². The Labute approximate surface area is 108 Å². The lowest BCUT2D eigenvalue weighted by Gasteiger charge is -2.22. The standard InChI is InChI=1S/C13H20ClNO2/c1-13(2,16-3)6-7-17-9-10-8-11(15)4-5-12(10)14/h4-5,8H,6-7,9,15H2,1-3H3. The maximum atomic E-state index is 6.03. The fourth-order valence-corrected chi connectivity index (χ4v) is 1.48. The maximum absolute atomic E-state index is 6.03. The second-order valence-corrected chi connectivity index (χ2v) is 5.02. The van der Waals surface area contributed by atoms with Crippen LogP contribution in [0.5, 0.6) is 0 Å². The molecule has 0 spiro atoms. The van der Waals surface area contributed by atoms with Crippen molar-refractivity contribution in [2.45, 2.75) is 32.5 Å². The fourth-order valence-electron chi connectivity index (χ4n) is 1.31. The lowest BCUT2D eigenvalue weighted by Crippen LogP contribution is -2.24. The molecule has 1 rings (SSSR count). The van der Waals surface area contributed by atoms with Gasteiger partial charge in [0.25, 0.3) is 0 Å². The Hall–Kier alpha value is -0.770. The zero-order valence-corrected chi connectivity index (χ0v) is 11.4. The molecule has 0 saturated carbocycles. The molecular formula is C13H20ClNO2. The van der Waals surface area contributed by atoms with Gasteiger partial charge in [0.2, 0.25) is 0 Å². The molecule has 0 aromatic heterocycles. The monoisotopic (exact) mass is 257 g/mol. The van der Waals surface area contributed by atoms with E-state index in [1.807, 2.05) is 19.9 Å². The quantitative estimate of drug-likeness (QED) is 0.628. The predicted molar refractivity (Wildman–Crippen MR) is 71.2 cm³/mol. The first-order valence-corrected chi connectivity index (χ1v) is 5.99. The minimum Gasteiger partial charge on any atom is -0.399 e. The van der Waals surface area contributed by atoms with E-state index >= 15 is 0 Å². The van der Waals surface area contributed by atoms with Gasteiger partial charge >= 0.3 is 0 Å². The van der Waals surface area contributed by atoms with Crippen molar-refractivity contribution in [1.82, 2.24) is 0 Å². The largest absolute Gasteiger partial charge is 0.399 e. The van der Waals surface area contributed by atoms with Gasteiger partial charge in [-0.25, -0.2) is 0 Å². The lowest BCUT2D eigenvalue weighted by molar-refractivity contribution is -0.0124. The molecule has 0 aliphatic heterocycles. The van der Waals surface area contributed by atoms with Gasteiger partial charge in [0, 0.05) is 24.4 Å². The van der Waals surface area contributed by atoms with Crippen LogP contribution in [-0.4, -0.2) is 19.3 Å². The van der Waals surface area contributed by atoms with Gasteiger partial charge in [-0.2, -0.15) is 0 Å². The number of methoxy groups -OCH3 is 1. The van der Waals surface area contributed by atoms with Crippen molar-refractivity contribution >= 4 is 17.3 Å². The molecule has 96 valence electrons. The number of benzene rings is 1. The molecule has 1 aromatic carbocycles. The summed E-state index contributed by atoms with van der Waals surface area (Å²) in [5.74, 6) is 0. The normalized spacial score (nSPS) is 11.8. The Kier molecular flexibility index (Phi) is 5.25. The Morgan fingerprint density at radius 3 is 2.71 bits per heavy atom. The number of rotatable bonds is 6. The Morgan fingerprint density at radius 1 is 1.35 bits per heavy atom. The molecule has 0 atom stereocenters. The minimum absolute atomic E-state index is 0.153. The highest BCUT2D eigenvalue weighted by Crippen LogP contribution is 2.20. The molecule has 0 aliphatic carbocycles. The summed E-state index contributed by atoms with van der Waals surface area (Å²) >= 11 is 6.03. The average Bonchev–Trinajstić information content (AvgIpc) is 2.29. The Morgan fingerprint density at radius 2 is 2.06 bits per heavy atom. The van der Waals surface area contributed by atoms with Crippen LogP contribution in [0.4, 0.5) is 5.69 Å². The molecule has 4 heteroatoms. The van der Waals surface area contributed by atoms with E-state index in [9.17, 15) is 0 Å². The zero-order valence-electron chi connectivity index (χ0n) is 10.6. The second-order valence-electron chi connectivity index (χ2n) is 4.62. The molecule has 2 N–H and O–H groups in total. The van der Waals surface area contributed by atoms with E-state index in [4.69, 9.17) is 26.8 Å². The minimum atomic E-state index is -0.153. The number of nitrogens with two attached hydrogens (primary N) is 1. The fraction of sp³-hybridized carbons (Fsp3) is 0.538. The van der Waals surface area contributed by atoms with Gasteiger partial charge < -0.3 is 15.2 Å². The summed E-state index contributed by atoms with van der Waals surface area (Å²) in [6, 6.07) is 5.40. The number of hydrogen-bond acceptors (Lipinski definition) is 3. The van der Waals surface area contributed by atoms with Gasteiger partial charge in [-0.1, -0.05) is 11.6 Å². The molecule has 3 nitrogen and oxygen atoms in total. The second kappa shape index (κ2) is 6.24. The first kappa shape index (κ1) is 14.3. The van der Waals surface area contributed by atoms with E-state index < -0.39 is 0 Å². The van der Waals surface area contributed by atoms with Gasteiger partial charge in [0.1, 0.15) is 0 Å². The molecule has 0 unspecified atom stereocenters. The van der Waals surface area contributed by atoms with Crippen LogP contribution in [0.3, 0.4) is 0 Å². The highest BCUT2D eigenvalue weighted by molar-refractivity contribution is 6.31. The summed E-state index contributed by atoms with van der Waals surface area (Å²) in [5, 5.41) is 0.685. The van der Waals surface area contributed by atoms with E-state index in [2.05, 4.69) is 0 Å². The molecule has 0 bridgehead atoms. The van der Waals surface area contributed by atoms with Crippen LogP contribution < -0.4 is 5.73 Å². The van der Waals surface area contributed by atoms with E-state index in [0.717, 1.165) is 12.0 Å². The molecule has 0 radical (unpaired) electrons. The van der Waals surface area contributed by atoms with Crippen LogP contribution in [-0.2, 0) is 16.1 Å². The molecule has 1 aromatic rings. The average molecular weight is 258 g/mol. The third-order valence-corrected chi connectivity index (χ3v) is 3.10. The van der Waals surface area contributed by atoms with Crippen molar-refractivity contribution in [3.8, 4) is 0 Å². The van der Waals surface area contributed by atoms with Gasteiger partial charge in [0.15, 0.2) is 0 Å². The van der Waals surface area contributed by atoms with Gasteiger partial charge in [-0.3, -0.25) is 0 Å². The number of anilines is 1. The smallest absolute Gasteiger partial charge is 0.0732 e. The van der Waals surface area contributed by atoms with Gasteiger partial charge in [-0.05, 0) is 44.0 Å². The SMILES string of the molecule is COC(C)(C)CCOCc1cc(N)ccc1Cl. The first-order valence-electron chi connectivity index (χ1n) is 5.61. The summed E-state index contributed by atoms with van der Waals surface area (Å²) in [6.45, 7) is 5.17. The van der Waals surface area contributed by atoms with Gasteiger partial charge in [-0.15, -0.1) is 0 Å². The van der Waals surface area contributed by atoms with Crippen LogP contribution in [0.25, 0.3) is 0 Å². The summed E-state index contributed by atoms with van der Waals surface area (Å²) in [6.07, 6.45) is 0.837. The maximum Gasteiger partial charge on any atom is 0.0732 e. The van der Waals surface area contributed by atoms with E-state index in [0.29, 0.717) is 23.9 Å². The number of nitrogen functional groups attached to an aromatic ring is 1. The Bertz CT molecular complexity index is 366. The number of halogens is 1. The predicted octanol–water partition coefficient (Wildman–Crippen LogP) is 3.25. The van der Waals surface area contributed by atoms with Crippen LogP contribution in [0.2, 0.25) is 5.02 Å². The first-order chi connectivity index (χ1) is 7.94. The summed E-state index contributed by atoms with van der Waals surface area (Å²) < 4.78 is 10.9. The van der Waals surface area contributed by atoms with E-state index in [1.54, 1.807) is 19.2 Å². The van der Waals surface area contributed by atoms with Crippen molar-refractivity contribution in [1.29, 1.82) is 0 Å². The zero-order chi connectivity index (χ0) is 12.9. The van der Waals surface area contributed by atoms with Crippen LogP contribution in [0.15, 0.2) is 18.2 Å². The summed E-state index contributed by atoms with van der Waals surface area (Å²) in [5.41, 5.74) is 7.15. The molecule has 0 fully saturated rings. The van der Waals surface area contributed by atoms with Crippen molar-refractivity contribution in [2.24, 2.45) is 0 Å². The van der Waals surface area contributed by atoms with E-state index in [-0.39, 0.29) is 5.60 Å². The van der Waals surface area contributed by atoms with Crippen LogP contribution in [0, 0.1) is 0 Å². The number of ether oxygens (including phenoxy) is 2. The highest BCUT2D eigenvalue weighted by Gasteiger charge is 2.15. The van der Waals surface area contributed by atoms with Crippen LogP contribution in [0.1, 0.15) is 25.8 Å². The van der Waals surface area contributed by atoms with Crippen molar-refractivity contribution < 1.29 is 9.47 Å². The molecule has 0 saturated heterocycles. The summed E-state index contributed by atoms with van der Waals surface area (Å²) in [7, 11) is 1.70. The lowest BCUT2D eigenvalue weighted by atomic mass is 10.1. The molecular weight excluding hydrogens is 238 g/mol. The molecule has 0 heterocycles. The third-order valence-electron chi connectivity index (χ3n) is 2.73. The van der Waals surface area contributed by atoms with Gasteiger partial charge in [0.05, 0.1) is 12.2 Å². The van der Waals surface area contributed by atoms with Crippen LogP contribution >= 0.6 is 11.6 Å². The van der Waals surface area contributed by atoms with Crippen molar-refractivity contribution in [3.63, 3.8) is 0 Å². The molecule has 17 heavy (non-hydrogen) atoms. The Balaban J connectivity index is 2.38. The topological polar surface area (TPSA) is 44.5 Å². The molecule has 0 amide bonds. The molecule has 0 aliphatic rings. The number of hydrogen-bond donors (Lipinski definition) is 1.